The highest BCUT2D eigenvalue weighted by Crippen LogP contribution is 2.76. The fourth-order valence-electron chi connectivity index (χ4n) is 8.06. The van der Waals surface area contributed by atoms with E-state index >= 15 is 0 Å². The van der Waals surface area contributed by atoms with Gasteiger partial charge in [-0.1, -0.05) is 0 Å². The summed E-state index contributed by atoms with van der Waals surface area (Å²) in [4.78, 5) is 11.7. The molecule has 0 spiro atoms. The van der Waals surface area contributed by atoms with E-state index in [1.807, 2.05) is 0 Å². The van der Waals surface area contributed by atoms with E-state index in [0.717, 1.165) is 47.8 Å². The summed E-state index contributed by atoms with van der Waals surface area (Å²) in [5.74, 6) is 7.18. The Morgan fingerprint density at radius 1 is 1.00 bits per heavy atom. The summed E-state index contributed by atoms with van der Waals surface area (Å²) in [6.07, 6.45) is 10.9. The molecule has 0 radical (unpaired) electrons. The van der Waals surface area contributed by atoms with E-state index in [4.69, 9.17) is 4.74 Å². The summed E-state index contributed by atoms with van der Waals surface area (Å²) in [6, 6.07) is 0. The predicted octanol–water partition coefficient (Wildman–Crippen LogP) is 3.65. The molecule has 0 aliphatic heterocycles. The predicted molar refractivity (Wildman–Crippen MR) is 75.8 cm³/mol. The third-order valence-electron chi connectivity index (χ3n) is 8.29. The van der Waals surface area contributed by atoms with E-state index in [1.54, 1.807) is 6.42 Å². The maximum Gasteiger partial charge on any atom is 0.305 e. The molecule has 0 saturated heterocycles. The highest BCUT2D eigenvalue weighted by Gasteiger charge is 2.69. The zero-order valence-electron chi connectivity index (χ0n) is 12.5. The molecule has 0 amide bonds. The van der Waals surface area contributed by atoms with Crippen molar-refractivity contribution in [2.75, 3.05) is 7.11 Å². The van der Waals surface area contributed by atoms with Crippen LogP contribution in [0.5, 0.6) is 0 Å². The molecule has 7 rings (SSSR count). The van der Waals surface area contributed by atoms with Crippen molar-refractivity contribution in [3.05, 3.63) is 0 Å². The Morgan fingerprint density at radius 3 is 2.30 bits per heavy atom. The summed E-state index contributed by atoms with van der Waals surface area (Å²) in [7, 11) is 1.54. The van der Waals surface area contributed by atoms with Gasteiger partial charge in [0.05, 0.1) is 7.11 Å². The van der Waals surface area contributed by atoms with Gasteiger partial charge in [0, 0.05) is 6.42 Å². The first-order chi connectivity index (χ1) is 9.71. The Kier molecular flexibility index (Phi) is 2.30. The number of hydrogen-bond donors (Lipinski definition) is 0. The minimum atomic E-state index is 0.0176. The Morgan fingerprint density at radius 2 is 1.65 bits per heavy atom. The summed E-state index contributed by atoms with van der Waals surface area (Å²) < 4.78 is 4.93. The van der Waals surface area contributed by atoms with Gasteiger partial charge < -0.3 is 4.74 Å². The van der Waals surface area contributed by atoms with Crippen molar-refractivity contribution in [2.24, 2.45) is 46.8 Å². The molecule has 110 valence electrons. The maximum absolute atomic E-state index is 11.7. The van der Waals surface area contributed by atoms with E-state index < -0.39 is 0 Å². The normalized spacial score (nSPS) is 57.4. The van der Waals surface area contributed by atoms with Crippen molar-refractivity contribution in [3.63, 3.8) is 0 Å². The fraction of sp³-hybridized carbons (Fsp3) is 0.944. The Labute approximate surface area is 121 Å². The number of rotatable bonds is 3. The van der Waals surface area contributed by atoms with Gasteiger partial charge in [-0.2, -0.15) is 0 Å². The van der Waals surface area contributed by atoms with Crippen molar-refractivity contribution in [1.29, 1.82) is 0 Å². The van der Waals surface area contributed by atoms with Crippen LogP contribution in [0.1, 0.15) is 51.4 Å². The lowest BCUT2D eigenvalue weighted by molar-refractivity contribution is -0.258. The second-order valence-corrected chi connectivity index (χ2v) is 8.63. The molecule has 7 saturated carbocycles. The molecule has 0 N–H and O–H groups in total. The van der Waals surface area contributed by atoms with Gasteiger partial charge >= 0.3 is 5.97 Å². The Bertz CT molecular complexity index is 432. The second-order valence-electron chi connectivity index (χ2n) is 8.63. The van der Waals surface area contributed by atoms with Gasteiger partial charge in [0.25, 0.3) is 0 Å². The molecule has 0 aromatic carbocycles. The zero-order chi connectivity index (χ0) is 13.5. The molecule has 4 atom stereocenters. The molecule has 7 fully saturated rings. The van der Waals surface area contributed by atoms with Crippen LogP contribution in [0, 0.1) is 46.8 Å². The van der Waals surface area contributed by atoms with Gasteiger partial charge in [-0.05, 0) is 91.8 Å². The van der Waals surface area contributed by atoms with E-state index in [2.05, 4.69) is 0 Å². The zero-order valence-corrected chi connectivity index (χ0v) is 12.5. The number of methoxy groups -OCH3 is 1. The summed E-state index contributed by atoms with van der Waals surface area (Å²) in [5, 5.41) is 0. The summed E-state index contributed by atoms with van der Waals surface area (Å²) in [6.45, 7) is 0. The number of hydrogen-bond acceptors (Lipinski definition) is 2. The molecule has 2 heteroatoms. The lowest BCUT2D eigenvalue weighted by Gasteiger charge is -2.75. The molecule has 20 heavy (non-hydrogen) atoms. The molecular formula is C18H26O2. The third-order valence-corrected chi connectivity index (χ3v) is 8.29. The van der Waals surface area contributed by atoms with Gasteiger partial charge in [0.15, 0.2) is 0 Å². The van der Waals surface area contributed by atoms with Crippen LogP contribution >= 0.6 is 0 Å². The molecule has 0 heterocycles. The van der Waals surface area contributed by atoms with Gasteiger partial charge in [0.2, 0.25) is 0 Å². The molecular weight excluding hydrogens is 248 g/mol. The fourth-order valence-corrected chi connectivity index (χ4v) is 8.06. The summed E-state index contributed by atoms with van der Waals surface area (Å²) in [5.41, 5.74) is 0.554. The van der Waals surface area contributed by atoms with Gasteiger partial charge in [-0.3, -0.25) is 4.79 Å². The Hall–Kier alpha value is -0.530. The number of carbonyl (C=O) groups excluding carboxylic acids is 1. The number of carbonyl (C=O) groups is 1. The molecule has 8 bridgehead atoms. The first-order valence-electron chi connectivity index (χ1n) is 8.78. The Balaban J connectivity index is 1.50. The van der Waals surface area contributed by atoms with E-state index in [9.17, 15) is 4.79 Å². The SMILES string of the molecule is COC(=O)CCC12CC3CC4C5CC(CC41)CC2C5C3. The minimum absolute atomic E-state index is 0.0176. The van der Waals surface area contributed by atoms with Crippen LogP contribution in [-0.4, -0.2) is 13.1 Å². The van der Waals surface area contributed by atoms with Crippen molar-refractivity contribution in [1.82, 2.24) is 0 Å². The average molecular weight is 274 g/mol. The van der Waals surface area contributed by atoms with Crippen LogP contribution in [-0.2, 0) is 9.53 Å². The lowest BCUT2D eigenvalue weighted by Crippen LogP contribution is -2.67. The lowest BCUT2D eigenvalue weighted by atomic mass is 9.30. The van der Waals surface area contributed by atoms with E-state index in [0.29, 0.717) is 11.8 Å². The largest absolute Gasteiger partial charge is 0.469 e. The molecule has 2 nitrogen and oxygen atoms in total. The molecule has 7 aliphatic carbocycles. The average Bonchev–Trinajstić information content (AvgIpc) is 2.49. The maximum atomic E-state index is 11.7. The second kappa shape index (κ2) is 3.81. The van der Waals surface area contributed by atoms with Crippen molar-refractivity contribution >= 4 is 5.97 Å². The van der Waals surface area contributed by atoms with Crippen LogP contribution in [0.25, 0.3) is 0 Å². The smallest absolute Gasteiger partial charge is 0.305 e. The van der Waals surface area contributed by atoms with Gasteiger partial charge in [-0.25, -0.2) is 0 Å². The third kappa shape index (κ3) is 1.30. The van der Waals surface area contributed by atoms with E-state index in [1.165, 1.54) is 39.2 Å². The molecule has 0 aromatic heterocycles. The van der Waals surface area contributed by atoms with Crippen LogP contribution in [0.15, 0.2) is 0 Å². The van der Waals surface area contributed by atoms with Crippen molar-refractivity contribution < 1.29 is 9.53 Å². The van der Waals surface area contributed by atoms with Gasteiger partial charge in [0.1, 0.15) is 0 Å². The van der Waals surface area contributed by atoms with E-state index in [-0.39, 0.29) is 5.97 Å². The van der Waals surface area contributed by atoms with Crippen molar-refractivity contribution in [2.45, 2.75) is 51.4 Å². The monoisotopic (exact) mass is 274 g/mol. The molecule has 0 aromatic rings. The van der Waals surface area contributed by atoms with Gasteiger partial charge in [-0.15, -0.1) is 0 Å². The van der Waals surface area contributed by atoms with Crippen molar-refractivity contribution in [3.8, 4) is 0 Å². The standard InChI is InChI=1S/C18H26O2/c1-20-17(19)2-3-18-9-11-5-13-12-4-10(7-15(13)18)8-16(18)14(12)6-11/h10-16H,2-9H2,1H3. The van der Waals surface area contributed by atoms with Crippen LogP contribution in [0.3, 0.4) is 0 Å². The summed E-state index contributed by atoms with van der Waals surface area (Å²) >= 11 is 0. The first kappa shape index (κ1) is 12.1. The van der Waals surface area contributed by atoms with Crippen LogP contribution < -0.4 is 0 Å². The number of esters is 1. The quantitative estimate of drug-likeness (QED) is 0.734. The van der Waals surface area contributed by atoms with Crippen LogP contribution in [0.4, 0.5) is 0 Å². The highest BCUT2D eigenvalue weighted by atomic mass is 16.5. The minimum Gasteiger partial charge on any atom is -0.469 e. The first-order valence-corrected chi connectivity index (χ1v) is 8.78. The highest BCUT2D eigenvalue weighted by molar-refractivity contribution is 5.69. The molecule has 7 aliphatic rings. The molecule has 4 unspecified atom stereocenters. The number of ether oxygens (including phenoxy) is 1. The van der Waals surface area contributed by atoms with Crippen LogP contribution in [0.2, 0.25) is 0 Å². The topological polar surface area (TPSA) is 26.3 Å².